The Hall–Kier alpha value is -2.54. The second-order valence-electron chi connectivity index (χ2n) is 6.89. The number of nitrogens with zero attached hydrogens (tertiary/aromatic N) is 3. The molecule has 3 heterocycles. The molecule has 27 heavy (non-hydrogen) atoms. The van der Waals surface area contributed by atoms with E-state index in [4.69, 9.17) is 9.26 Å². The highest BCUT2D eigenvalue weighted by molar-refractivity contribution is 7.10. The summed E-state index contributed by atoms with van der Waals surface area (Å²) in [5, 5.41) is 5.91. The second kappa shape index (κ2) is 8.00. The van der Waals surface area contributed by atoms with Gasteiger partial charge in [-0.25, -0.2) is 4.79 Å². The lowest BCUT2D eigenvalue weighted by molar-refractivity contribution is 0.0497. The molecule has 3 aromatic heterocycles. The van der Waals surface area contributed by atoms with Gasteiger partial charge in [-0.3, -0.25) is 4.98 Å². The minimum atomic E-state index is -0.219. The SMILES string of the molecule is CC1CCc2c(C(=O)OCCCc3nc(-c4cccnc4)no3)csc2C1. The van der Waals surface area contributed by atoms with Crippen LogP contribution in [0, 0.1) is 5.92 Å². The quantitative estimate of drug-likeness (QED) is 0.471. The average molecular weight is 383 g/mol. The third-order valence-corrected chi connectivity index (χ3v) is 5.83. The Morgan fingerprint density at radius 1 is 1.44 bits per heavy atom. The molecule has 0 aromatic carbocycles. The van der Waals surface area contributed by atoms with Crippen molar-refractivity contribution in [2.75, 3.05) is 6.61 Å². The van der Waals surface area contributed by atoms with Crippen molar-refractivity contribution in [3.05, 3.63) is 51.8 Å². The molecule has 0 aliphatic heterocycles. The lowest BCUT2D eigenvalue weighted by Gasteiger charge is -2.18. The van der Waals surface area contributed by atoms with Gasteiger partial charge in [0.25, 0.3) is 0 Å². The molecule has 6 nitrogen and oxygen atoms in total. The van der Waals surface area contributed by atoms with Crippen LogP contribution in [0.5, 0.6) is 0 Å². The van der Waals surface area contributed by atoms with Crippen molar-refractivity contribution in [3.8, 4) is 11.4 Å². The number of thiophene rings is 1. The Morgan fingerprint density at radius 3 is 3.22 bits per heavy atom. The van der Waals surface area contributed by atoms with Crippen LogP contribution in [0.15, 0.2) is 34.4 Å². The predicted molar refractivity (Wildman–Crippen MR) is 102 cm³/mol. The van der Waals surface area contributed by atoms with E-state index in [9.17, 15) is 4.79 Å². The topological polar surface area (TPSA) is 78.1 Å². The molecule has 4 rings (SSSR count). The first-order valence-electron chi connectivity index (χ1n) is 9.20. The third-order valence-electron chi connectivity index (χ3n) is 4.78. The fourth-order valence-electron chi connectivity index (χ4n) is 3.28. The van der Waals surface area contributed by atoms with Crippen LogP contribution < -0.4 is 0 Å². The number of aromatic nitrogens is 3. The molecule has 1 atom stereocenters. The Balaban J connectivity index is 1.27. The van der Waals surface area contributed by atoms with Gasteiger partial charge in [0.1, 0.15) is 0 Å². The molecule has 1 unspecified atom stereocenters. The minimum absolute atomic E-state index is 0.219. The normalized spacial score (nSPS) is 16.1. The highest BCUT2D eigenvalue weighted by Crippen LogP contribution is 2.33. The second-order valence-corrected chi connectivity index (χ2v) is 7.86. The Kier molecular flexibility index (Phi) is 5.29. The van der Waals surface area contributed by atoms with E-state index in [1.54, 1.807) is 23.7 Å². The van der Waals surface area contributed by atoms with Gasteiger partial charge in [0.15, 0.2) is 0 Å². The largest absolute Gasteiger partial charge is 0.462 e. The lowest BCUT2D eigenvalue weighted by Crippen LogP contribution is -2.13. The zero-order valence-electron chi connectivity index (χ0n) is 15.2. The highest BCUT2D eigenvalue weighted by atomic mass is 32.1. The van der Waals surface area contributed by atoms with Crippen LogP contribution in [-0.2, 0) is 24.0 Å². The molecular weight excluding hydrogens is 362 g/mol. The van der Waals surface area contributed by atoms with Crippen molar-refractivity contribution in [2.45, 2.75) is 39.0 Å². The fourth-order valence-corrected chi connectivity index (χ4v) is 4.52. The smallest absolute Gasteiger partial charge is 0.339 e. The number of esters is 1. The summed E-state index contributed by atoms with van der Waals surface area (Å²) in [5.74, 6) is 1.54. The van der Waals surface area contributed by atoms with Crippen LogP contribution in [0.1, 0.15) is 46.5 Å². The van der Waals surface area contributed by atoms with Crippen LogP contribution in [0.2, 0.25) is 0 Å². The van der Waals surface area contributed by atoms with Gasteiger partial charge < -0.3 is 9.26 Å². The summed E-state index contributed by atoms with van der Waals surface area (Å²) >= 11 is 1.68. The van der Waals surface area contributed by atoms with E-state index in [1.807, 2.05) is 17.5 Å². The molecule has 140 valence electrons. The number of rotatable bonds is 6. The highest BCUT2D eigenvalue weighted by Gasteiger charge is 2.23. The van der Waals surface area contributed by atoms with Gasteiger partial charge in [-0.1, -0.05) is 12.1 Å². The van der Waals surface area contributed by atoms with Crippen LogP contribution >= 0.6 is 11.3 Å². The van der Waals surface area contributed by atoms with Crippen molar-refractivity contribution in [1.29, 1.82) is 0 Å². The summed E-state index contributed by atoms with van der Waals surface area (Å²) in [7, 11) is 0. The summed E-state index contributed by atoms with van der Waals surface area (Å²) in [4.78, 5) is 22.1. The molecule has 1 aliphatic rings. The predicted octanol–water partition coefficient (Wildman–Crippen LogP) is 4.11. The number of hydrogen-bond donors (Lipinski definition) is 0. The number of pyridine rings is 1. The number of carbonyl (C=O) groups excluding carboxylic acids is 1. The van der Waals surface area contributed by atoms with Crippen molar-refractivity contribution < 1.29 is 14.1 Å². The van der Waals surface area contributed by atoms with Crippen LogP contribution in [-0.4, -0.2) is 27.7 Å². The van der Waals surface area contributed by atoms with E-state index < -0.39 is 0 Å². The molecule has 0 N–H and O–H groups in total. The molecule has 0 amide bonds. The number of fused-ring (bicyclic) bond motifs is 1. The van der Waals surface area contributed by atoms with E-state index in [0.717, 1.165) is 30.4 Å². The van der Waals surface area contributed by atoms with E-state index >= 15 is 0 Å². The first-order chi connectivity index (χ1) is 13.2. The summed E-state index contributed by atoms with van der Waals surface area (Å²) in [6.45, 7) is 2.60. The van der Waals surface area contributed by atoms with Gasteiger partial charge in [-0.15, -0.1) is 11.3 Å². The van der Waals surface area contributed by atoms with Gasteiger partial charge in [-0.05, 0) is 49.3 Å². The Bertz CT molecular complexity index is 920. The minimum Gasteiger partial charge on any atom is -0.462 e. The maximum atomic E-state index is 12.4. The average Bonchev–Trinajstić information content (AvgIpc) is 3.32. The van der Waals surface area contributed by atoms with Gasteiger partial charge in [0, 0.05) is 34.6 Å². The maximum Gasteiger partial charge on any atom is 0.339 e. The molecule has 0 fully saturated rings. The van der Waals surface area contributed by atoms with Gasteiger partial charge in [-0.2, -0.15) is 4.98 Å². The number of hydrogen-bond acceptors (Lipinski definition) is 7. The number of carbonyl (C=O) groups is 1. The molecule has 7 heteroatoms. The van der Waals surface area contributed by atoms with Crippen LogP contribution in [0.4, 0.5) is 0 Å². The monoisotopic (exact) mass is 383 g/mol. The van der Waals surface area contributed by atoms with E-state index in [1.165, 1.54) is 10.4 Å². The summed E-state index contributed by atoms with van der Waals surface area (Å²) < 4.78 is 10.7. The van der Waals surface area contributed by atoms with Crippen molar-refractivity contribution >= 4 is 17.3 Å². The first kappa shape index (κ1) is 17.9. The Morgan fingerprint density at radius 2 is 2.37 bits per heavy atom. The van der Waals surface area contributed by atoms with E-state index in [2.05, 4.69) is 22.0 Å². The first-order valence-corrected chi connectivity index (χ1v) is 10.1. The molecule has 3 aromatic rings. The fraction of sp³-hybridized carbons (Fsp3) is 0.400. The molecule has 1 aliphatic carbocycles. The number of aryl methyl sites for hydroxylation is 1. The number of ether oxygens (including phenoxy) is 1. The molecule has 0 spiro atoms. The van der Waals surface area contributed by atoms with Crippen molar-refractivity contribution in [2.24, 2.45) is 5.92 Å². The lowest BCUT2D eigenvalue weighted by atomic mass is 9.88. The van der Waals surface area contributed by atoms with Gasteiger partial charge in [0.05, 0.1) is 12.2 Å². The van der Waals surface area contributed by atoms with Crippen LogP contribution in [0.3, 0.4) is 0 Å². The van der Waals surface area contributed by atoms with E-state index in [-0.39, 0.29) is 5.97 Å². The zero-order chi connectivity index (χ0) is 18.6. The summed E-state index contributed by atoms with van der Waals surface area (Å²) in [6, 6.07) is 3.71. The van der Waals surface area contributed by atoms with Crippen molar-refractivity contribution in [1.82, 2.24) is 15.1 Å². The molecule has 0 saturated heterocycles. The Labute approximate surface area is 161 Å². The molecule has 0 bridgehead atoms. The van der Waals surface area contributed by atoms with E-state index in [0.29, 0.717) is 37.1 Å². The third kappa shape index (κ3) is 4.08. The van der Waals surface area contributed by atoms with Crippen LogP contribution in [0.25, 0.3) is 11.4 Å². The standard InChI is InChI=1S/C20H21N3O3S/c1-13-6-7-15-16(12-27-17(15)10-13)20(24)25-9-3-5-18-22-19(23-26-18)14-4-2-8-21-11-14/h2,4,8,11-13H,3,5-7,9-10H2,1H3. The molecule has 0 radical (unpaired) electrons. The van der Waals surface area contributed by atoms with Gasteiger partial charge in [0.2, 0.25) is 11.7 Å². The summed E-state index contributed by atoms with van der Waals surface area (Å²) in [5.41, 5.74) is 2.76. The van der Waals surface area contributed by atoms with Gasteiger partial charge >= 0.3 is 5.97 Å². The molecular formula is C20H21N3O3S. The summed E-state index contributed by atoms with van der Waals surface area (Å²) in [6.07, 6.45) is 7.79. The molecule has 0 saturated carbocycles. The maximum absolute atomic E-state index is 12.4. The van der Waals surface area contributed by atoms with Crippen molar-refractivity contribution in [3.63, 3.8) is 0 Å². The zero-order valence-corrected chi connectivity index (χ0v) is 16.0.